The third kappa shape index (κ3) is 6.88. The maximum Gasteiger partial charge on any atom is 0.251 e. The van der Waals surface area contributed by atoms with Crippen molar-refractivity contribution in [2.45, 2.75) is 31.0 Å². The van der Waals surface area contributed by atoms with Crippen LogP contribution in [0.25, 0.3) is 0 Å². The van der Waals surface area contributed by atoms with E-state index in [1.54, 1.807) is 30.3 Å². The molecular formula is C13H18NO9S-. The lowest BCUT2D eigenvalue weighted by molar-refractivity contribution is -0.148. The van der Waals surface area contributed by atoms with Gasteiger partial charge in [-0.15, -0.1) is 0 Å². The fourth-order valence-corrected chi connectivity index (χ4v) is 2.02. The summed E-state index contributed by atoms with van der Waals surface area (Å²) in [7, 11) is -5.10. The molecule has 1 rings (SSSR count). The van der Waals surface area contributed by atoms with E-state index < -0.39 is 47.3 Å². The lowest BCUT2D eigenvalue weighted by atomic mass is 10.0. The second-order valence-corrected chi connectivity index (χ2v) is 5.94. The highest BCUT2D eigenvalue weighted by Crippen LogP contribution is 2.07. The molecule has 1 amide bonds. The minimum absolute atomic E-state index is 0.0552. The van der Waals surface area contributed by atoms with Crippen LogP contribution in [0.4, 0.5) is 0 Å². The highest BCUT2D eigenvalue weighted by atomic mass is 32.3. The molecule has 0 unspecified atom stereocenters. The number of benzene rings is 1. The van der Waals surface area contributed by atoms with Crippen molar-refractivity contribution in [3.63, 3.8) is 0 Å². The predicted molar refractivity (Wildman–Crippen MR) is 78.0 cm³/mol. The molecule has 24 heavy (non-hydrogen) atoms. The molecule has 0 bridgehead atoms. The summed E-state index contributed by atoms with van der Waals surface area (Å²) in [6.45, 7) is -1.08. The Hall–Kier alpha value is -1.60. The van der Waals surface area contributed by atoms with Crippen LogP contribution in [0.5, 0.6) is 0 Å². The number of amides is 1. The number of hydrogen-bond donors (Lipinski definition) is 5. The fraction of sp³-hybridized carbons (Fsp3) is 0.462. The Kier molecular flexibility index (Phi) is 7.69. The number of nitrogens with one attached hydrogen (secondary N) is 1. The van der Waals surface area contributed by atoms with Crippen molar-refractivity contribution in [1.29, 1.82) is 0 Å². The molecule has 5 N–H and O–H groups in total. The molecule has 0 aliphatic heterocycles. The van der Waals surface area contributed by atoms with Crippen molar-refractivity contribution in [2.75, 3.05) is 6.61 Å². The maximum atomic E-state index is 11.7. The molecule has 11 heteroatoms. The zero-order valence-electron chi connectivity index (χ0n) is 12.3. The standard InChI is InChI=1S/C13H19NO9S/c15-9(7-23-24(20,21)22)10(16)11(17)12(18)13(19)14-6-8-4-2-1-3-5-8/h1-5,9-12,15-18H,6-7H2,(H,14,19)(H,20,21,22)/p-1/t9-,10-,11+,12-/m1/s1. The van der Waals surface area contributed by atoms with E-state index in [1.165, 1.54) is 0 Å². The number of hydrogen-bond acceptors (Lipinski definition) is 9. The van der Waals surface area contributed by atoms with Gasteiger partial charge < -0.3 is 30.3 Å². The van der Waals surface area contributed by atoms with Crippen molar-refractivity contribution >= 4 is 16.3 Å². The Morgan fingerprint density at radius 1 is 1.12 bits per heavy atom. The number of rotatable bonds is 9. The van der Waals surface area contributed by atoms with E-state index >= 15 is 0 Å². The van der Waals surface area contributed by atoms with Gasteiger partial charge in [-0.05, 0) is 5.56 Å². The van der Waals surface area contributed by atoms with Gasteiger partial charge in [0.15, 0.2) is 6.10 Å². The molecule has 0 saturated carbocycles. The van der Waals surface area contributed by atoms with Crippen LogP contribution >= 0.6 is 0 Å². The van der Waals surface area contributed by atoms with Gasteiger partial charge in [-0.3, -0.25) is 8.98 Å². The van der Waals surface area contributed by atoms with Crippen molar-refractivity contribution in [3.05, 3.63) is 35.9 Å². The van der Waals surface area contributed by atoms with E-state index in [0.717, 1.165) is 5.56 Å². The Bertz CT molecular complexity index is 622. The summed E-state index contributed by atoms with van der Waals surface area (Å²) in [4.78, 5) is 11.7. The van der Waals surface area contributed by atoms with Gasteiger partial charge >= 0.3 is 0 Å². The van der Waals surface area contributed by atoms with E-state index in [4.69, 9.17) is 0 Å². The smallest absolute Gasteiger partial charge is 0.251 e. The highest BCUT2D eigenvalue weighted by Gasteiger charge is 2.34. The lowest BCUT2D eigenvalue weighted by Gasteiger charge is -2.26. The number of carbonyl (C=O) groups excluding carboxylic acids is 1. The average Bonchev–Trinajstić information content (AvgIpc) is 2.55. The molecule has 0 aromatic heterocycles. The third-order valence-corrected chi connectivity index (χ3v) is 3.45. The third-order valence-electron chi connectivity index (χ3n) is 3.03. The Labute approximate surface area is 138 Å². The van der Waals surface area contributed by atoms with E-state index in [1.807, 2.05) is 0 Å². The summed E-state index contributed by atoms with van der Waals surface area (Å²) in [5.41, 5.74) is 0.724. The van der Waals surface area contributed by atoms with Crippen LogP contribution in [0.1, 0.15) is 5.56 Å². The SMILES string of the molecule is O=C(NCc1ccccc1)[C@H](O)[C@@H](O)[C@H](O)[C@H](O)COS(=O)(=O)[O-]. The van der Waals surface area contributed by atoms with E-state index in [9.17, 15) is 38.2 Å². The molecule has 136 valence electrons. The first-order valence-corrected chi connectivity index (χ1v) is 8.09. The van der Waals surface area contributed by atoms with Crippen LogP contribution in [0, 0.1) is 0 Å². The van der Waals surface area contributed by atoms with Gasteiger partial charge in [0.1, 0.15) is 18.3 Å². The van der Waals surface area contributed by atoms with Gasteiger partial charge in [0.2, 0.25) is 10.4 Å². The normalized spacial score (nSPS) is 16.9. The molecule has 0 heterocycles. The zero-order valence-corrected chi connectivity index (χ0v) is 13.2. The zero-order chi connectivity index (χ0) is 18.3. The van der Waals surface area contributed by atoms with Crippen molar-refractivity contribution in [3.8, 4) is 0 Å². The fourth-order valence-electron chi connectivity index (χ4n) is 1.71. The summed E-state index contributed by atoms with van der Waals surface area (Å²) in [6.07, 6.45) is -8.36. The van der Waals surface area contributed by atoms with Gasteiger partial charge in [-0.1, -0.05) is 30.3 Å². The van der Waals surface area contributed by atoms with Gasteiger partial charge in [0.05, 0.1) is 6.61 Å². The van der Waals surface area contributed by atoms with Crippen molar-refractivity contribution in [1.82, 2.24) is 5.32 Å². The second kappa shape index (κ2) is 9.03. The average molecular weight is 364 g/mol. The molecular weight excluding hydrogens is 346 g/mol. The Morgan fingerprint density at radius 3 is 2.25 bits per heavy atom. The Morgan fingerprint density at radius 2 is 1.71 bits per heavy atom. The van der Waals surface area contributed by atoms with Crippen LogP contribution in [0.2, 0.25) is 0 Å². The van der Waals surface area contributed by atoms with Gasteiger partial charge in [0, 0.05) is 6.54 Å². The highest BCUT2D eigenvalue weighted by molar-refractivity contribution is 7.80. The van der Waals surface area contributed by atoms with Crippen molar-refractivity contribution < 1.29 is 42.4 Å². The quantitative estimate of drug-likeness (QED) is 0.229. The van der Waals surface area contributed by atoms with Crippen LogP contribution < -0.4 is 5.32 Å². The summed E-state index contributed by atoms with van der Waals surface area (Å²) in [5.74, 6) is -1.02. The number of carbonyl (C=O) groups is 1. The first-order chi connectivity index (χ1) is 11.1. The molecule has 10 nitrogen and oxygen atoms in total. The molecule has 0 aliphatic rings. The molecule has 0 spiro atoms. The van der Waals surface area contributed by atoms with E-state index in [0.29, 0.717) is 0 Å². The van der Waals surface area contributed by atoms with Crippen LogP contribution in [-0.2, 0) is 25.9 Å². The largest absolute Gasteiger partial charge is 0.726 e. The minimum atomic E-state index is -5.10. The van der Waals surface area contributed by atoms with Crippen molar-refractivity contribution in [2.24, 2.45) is 0 Å². The first kappa shape index (κ1) is 20.4. The Balaban J connectivity index is 2.52. The molecule has 1 aromatic rings. The summed E-state index contributed by atoms with van der Waals surface area (Å²) in [6, 6.07) is 8.66. The summed E-state index contributed by atoms with van der Waals surface area (Å²) >= 11 is 0. The van der Waals surface area contributed by atoms with E-state index in [2.05, 4.69) is 9.50 Å². The summed E-state index contributed by atoms with van der Waals surface area (Å²) < 4.78 is 34.5. The number of aliphatic hydroxyl groups excluding tert-OH is 4. The maximum absolute atomic E-state index is 11.7. The van der Waals surface area contributed by atoms with Crippen LogP contribution in [-0.4, -0.2) is 70.3 Å². The van der Waals surface area contributed by atoms with Gasteiger partial charge in [-0.2, -0.15) is 0 Å². The monoisotopic (exact) mass is 364 g/mol. The topological polar surface area (TPSA) is 176 Å². The number of aliphatic hydroxyl groups is 4. The van der Waals surface area contributed by atoms with Crippen LogP contribution in [0.3, 0.4) is 0 Å². The molecule has 0 radical (unpaired) electrons. The molecule has 0 saturated heterocycles. The second-order valence-electron chi connectivity index (χ2n) is 4.89. The summed E-state index contributed by atoms with van der Waals surface area (Å²) in [5, 5.41) is 40.6. The molecule has 0 fully saturated rings. The van der Waals surface area contributed by atoms with Crippen LogP contribution in [0.15, 0.2) is 30.3 Å². The van der Waals surface area contributed by atoms with Gasteiger partial charge in [0.25, 0.3) is 5.91 Å². The first-order valence-electron chi connectivity index (χ1n) is 6.76. The molecule has 4 atom stereocenters. The minimum Gasteiger partial charge on any atom is -0.726 e. The predicted octanol–water partition coefficient (Wildman–Crippen LogP) is -2.78. The van der Waals surface area contributed by atoms with Gasteiger partial charge in [-0.25, -0.2) is 8.42 Å². The molecule has 0 aliphatic carbocycles. The molecule has 1 aromatic carbocycles. The lowest BCUT2D eigenvalue weighted by Crippen LogP contribution is -2.51. The van der Waals surface area contributed by atoms with E-state index in [-0.39, 0.29) is 6.54 Å².